The molecule has 0 fully saturated rings. The van der Waals surface area contributed by atoms with E-state index in [-0.39, 0.29) is 11.8 Å². The number of rotatable bonds is 5. The summed E-state index contributed by atoms with van der Waals surface area (Å²) in [7, 11) is 1.55. The molecule has 6 nitrogen and oxygen atoms in total. The number of hydrogen-bond acceptors (Lipinski definition) is 6. The van der Waals surface area contributed by atoms with E-state index in [1.807, 2.05) is 23.6 Å². The second kappa shape index (κ2) is 6.98. The van der Waals surface area contributed by atoms with E-state index in [0.717, 1.165) is 9.58 Å². The van der Waals surface area contributed by atoms with E-state index in [2.05, 4.69) is 15.6 Å². The number of anilines is 2. The van der Waals surface area contributed by atoms with Crippen LogP contribution in [0.3, 0.4) is 0 Å². The first-order valence-corrected chi connectivity index (χ1v) is 8.83. The number of carbonyl (C=O) groups excluding carboxylic acids is 2. The lowest BCUT2D eigenvalue weighted by atomic mass is 10.2. The summed E-state index contributed by atoms with van der Waals surface area (Å²) in [5, 5.41) is 7.98. The Hall–Kier alpha value is -2.45. The Balaban J connectivity index is 1.85. The summed E-state index contributed by atoms with van der Waals surface area (Å²) < 4.78 is 6.18. The van der Waals surface area contributed by atoms with Crippen molar-refractivity contribution in [2.24, 2.45) is 0 Å². The third-order valence-corrected chi connectivity index (χ3v) is 4.96. The lowest BCUT2D eigenvalue weighted by molar-refractivity contribution is -0.115. The standard InChI is InChI=1S/C16H15N3O3S2/c1-9(20)17-16-19-15-12(22-2)6-10(7-13(15)24-16)18-14(21)8-11-4-3-5-23-11/h3-7H,8H2,1-2H3,(H,18,21)(H,17,19,20). The van der Waals surface area contributed by atoms with Gasteiger partial charge in [0.05, 0.1) is 18.2 Å². The minimum Gasteiger partial charge on any atom is -0.494 e. The van der Waals surface area contributed by atoms with Crippen LogP contribution in [0.4, 0.5) is 10.8 Å². The van der Waals surface area contributed by atoms with E-state index in [4.69, 9.17) is 4.74 Å². The highest BCUT2D eigenvalue weighted by Gasteiger charge is 2.13. The molecule has 0 aliphatic carbocycles. The Morgan fingerprint density at radius 1 is 1.29 bits per heavy atom. The Bertz CT molecular complexity index is 887. The quantitative estimate of drug-likeness (QED) is 0.729. The van der Waals surface area contributed by atoms with Gasteiger partial charge < -0.3 is 15.4 Å². The largest absolute Gasteiger partial charge is 0.494 e. The van der Waals surface area contributed by atoms with Crippen molar-refractivity contribution in [2.45, 2.75) is 13.3 Å². The van der Waals surface area contributed by atoms with Crippen LogP contribution in [0, 0.1) is 0 Å². The zero-order chi connectivity index (χ0) is 17.1. The fourth-order valence-electron chi connectivity index (χ4n) is 2.21. The summed E-state index contributed by atoms with van der Waals surface area (Å²) in [5.74, 6) is 0.273. The van der Waals surface area contributed by atoms with E-state index >= 15 is 0 Å². The van der Waals surface area contributed by atoms with Gasteiger partial charge >= 0.3 is 0 Å². The summed E-state index contributed by atoms with van der Waals surface area (Å²) >= 11 is 2.88. The van der Waals surface area contributed by atoms with Crippen molar-refractivity contribution in [3.8, 4) is 5.75 Å². The predicted molar refractivity (Wildman–Crippen MR) is 97.1 cm³/mol. The zero-order valence-electron chi connectivity index (χ0n) is 13.1. The van der Waals surface area contributed by atoms with Gasteiger partial charge in [0.2, 0.25) is 11.8 Å². The number of nitrogens with zero attached hydrogens (tertiary/aromatic N) is 1. The lowest BCUT2D eigenvalue weighted by Gasteiger charge is -2.07. The summed E-state index contributed by atoms with van der Waals surface area (Å²) in [6.07, 6.45) is 0.331. The van der Waals surface area contributed by atoms with Crippen LogP contribution < -0.4 is 15.4 Å². The molecule has 0 aliphatic rings. The molecule has 2 aromatic heterocycles. The highest BCUT2D eigenvalue weighted by molar-refractivity contribution is 7.22. The number of carbonyl (C=O) groups is 2. The Morgan fingerprint density at radius 3 is 2.79 bits per heavy atom. The topological polar surface area (TPSA) is 80.3 Å². The van der Waals surface area contributed by atoms with E-state index in [1.54, 1.807) is 24.5 Å². The summed E-state index contributed by atoms with van der Waals surface area (Å²) in [4.78, 5) is 28.7. The molecular formula is C16H15N3O3S2. The van der Waals surface area contributed by atoms with Crippen molar-refractivity contribution in [3.63, 3.8) is 0 Å². The molecule has 2 amide bonds. The number of fused-ring (bicyclic) bond motifs is 1. The minimum absolute atomic E-state index is 0.0922. The van der Waals surface area contributed by atoms with Crippen molar-refractivity contribution in [1.82, 2.24) is 4.98 Å². The molecule has 124 valence electrons. The van der Waals surface area contributed by atoms with Crippen LogP contribution in [-0.4, -0.2) is 23.9 Å². The van der Waals surface area contributed by atoms with Crippen LogP contribution in [0.1, 0.15) is 11.8 Å². The maximum Gasteiger partial charge on any atom is 0.229 e. The summed E-state index contributed by atoms with van der Waals surface area (Å²) in [6.45, 7) is 1.43. The number of benzene rings is 1. The maximum atomic E-state index is 12.2. The Kier molecular flexibility index (Phi) is 4.77. The fraction of sp³-hybridized carbons (Fsp3) is 0.188. The molecule has 0 saturated heterocycles. The third kappa shape index (κ3) is 3.72. The van der Waals surface area contributed by atoms with E-state index in [9.17, 15) is 9.59 Å². The normalized spacial score (nSPS) is 10.6. The summed E-state index contributed by atoms with van der Waals surface area (Å²) in [6, 6.07) is 7.40. The number of ether oxygens (including phenoxy) is 1. The van der Waals surface area contributed by atoms with Crippen molar-refractivity contribution < 1.29 is 14.3 Å². The number of methoxy groups -OCH3 is 1. The van der Waals surface area contributed by atoms with Gasteiger partial charge in [0.15, 0.2) is 5.13 Å². The van der Waals surface area contributed by atoms with Gasteiger partial charge in [0.1, 0.15) is 11.3 Å². The molecule has 0 radical (unpaired) electrons. The first-order chi connectivity index (χ1) is 11.5. The van der Waals surface area contributed by atoms with Crippen LogP contribution >= 0.6 is 22.7 Å². The van der Waals surface area contributed by atoms with Crippen LogP contribution in [-0.2, 0) is 16.0 Å². The fourth-order valence-corrected chi connectivity index (χ4v) is 3.88. The third-order valence-electron chi connectivity index (χ3n) is 3.16. The molecule has 0 aliphatic heterocycles. The van der Waals surface area contributed by atoms with Gasteiger partial charge in [-0.2, -0.15) is 0 Å². The van der Waals surface area contributed by atoms with Crippen LogP contribution in [0.5, 0.6) is 5.75 Å². The van der Waals surface area contributed by atoms with Gasteiger partial charge in [-0.1, -0.05) is 17.4 Å². The second-order valence-corrected chi connectivity index (χ2v) is 7.09. The van der Waals surface area contributed by atoms with E-state index in [0.29, 0.717) is 28.5 Å². The monoisotopic (exact) mass is 361 g/mol. The van der Waals surface area contributed by atoms with Crippen molar-refractivity contribution in [1.29, 1.82) is 0 Å². The predicted octanol–water partition coefficient (Wildman–Crippen LogP) is 3.51. The minimum atomic E-state index is -0.183. The molecule has 2 heterocycles. The molecule has 2 N–H and O–H groups in total. The van der Waals surface area contributed by atoms with Gasteiger partial charge in [-0.3, -0.25) is 9.59 Å². The van der Waals surface area contributed by atoms with Gasteiger partial charge in [-0.05, 0) is 17.5 Å². The highest BCUT2D eigenvalue weighted by atomic mass is 32.1. The van der Waals surface area contributed by atoms with Crippen LogP contribution in [0.2, 0.25) is 0 Å². The molecular weight excluding hydrogens is 346 g/mol. The maximum absolute atomic E-state index is 12.2. The average Bonchev–Trinajstić information content (AvgIpc) is 3.14. The molecule has 0 saturated carbocycles. The molecule has 0 unspecified atom stereocenters. The van der Waals surface area contributed by atoms with Gasteiger partial charge in [-0.15, -0.1) is 11.3 Å². The molecule has 3 aromatic rings. The zero-order valence-corrected chi connectivity index (χ0v) is 14.7. The van der Waals surface area contributed by atoms with Crippen molar-refractivity contribution in [2.75, 3.05) is 17.7 Å². The number of thiophene rings is 1. The number of thiazole rings is 1. The SMILES string of the molecule is COc1cc(NC(=O)Cc2cccs2)cc2sc(NC(C)=O)nc12. The van der Waals surface area contributed by atoms with Crippen molar-refractivity contribution in [3.05, 3.63) is 34.5 Å². The molecule has 8 heteroatoms. The Morgan fingerprint density at radius 2 is 2.12 bits per heavy atom. The average molecular weight is 361 g/mol. The van der Waals surface area contributed by atoms with E-state index in [1.165, 1.54) is 18.3 Å². The molecule has 24 heavy (non-hydrogen) atoms. The summed E-state index contributed by atoms with van der Waals surface area (Å²) in [5.41, 5.74) is 1.29. The van der Waals surface area contributed by atoms with Crippen LogP contribution in [0.25, 0.3) is 10.2 Å². The number of amides is 2. The van der Waals surface area contributed by atoms with E-state index < -0.39 is 0 Å². The van der Waals surface area contributed by atoms with Gasteiger partial charge in [-0.25, -0.2) is 4.98 Å². The number of hydrogen-bond donors (Lipinski definition) is 2. The molecule has 0 atom stereocenters. The van der Waals surface area contributed by atoms with Gasteiger partial charge in [0, 0.05) is 23.6 Å². The first kappa shape index (κ1) is 16.4. The van der Waals surface area contributed by atoms with Crippen molar-refractivity contribution >= 4 is 55.5 Å². The smallest absolute Gasteiger partial charge is 0.229 e. The number of aromatic nitrogens is 1. The van der Waals surface area contributed by atoms with Crippen LogP contribution in [0.15, 0.2) is 29.6 Å². The molecule has 1 aromatic carbocycles. The lowest BCUT2D eigenvalue weighted by Crippen LogP contribution is -2.13. The molecule has 0 spiro atoms. The highest BCUT2D eigenvalue weighted by Crippen LogP contribution is 2.35. The second-order valence-electron chi connectivity index (χ2n) is 5.03. The Labute approximate surface area is 146 Å². The number of nitrogens with one attached hydrogen (secondary N) is 2. The molecule has 0 bridgehead atoms. The first-order valence-electron chi connectivity index (χ1n) is 7.13. The van der Waals surface area contributed by atoms with Gasteiger partial charge in [0.25, 0.3) is 0 Å². The molecule has 3 rings (SSSR count).